The molecule has 20 heavy (non-hydrogen) atoms. The SMILES string of the molecule is Cc1cnc(C(=O)Nc2ccc(C)c([N+](=O)[O-])c2)cn1. The molecule has 1 amide bonds. The lowest BCUT2D eigenvalue weighted by Gasteiger charge is -2.05. The number of aromatic nitrogens is 2. The predicted octanol–water partition coefficient (Wildman–Crippen LogP) is 2.25. The third kappa shape index (κ3) is 2.94. The number of hydrogen-bond acceptors (Lipinski definition) is 5. The molecule has 0 aliphatic rings. The third-order valence-electron chi connectivity index (χ3n) is 2.68. The standard InChI is InChI=1S/C13H12N4O3/c1-8-3-4-10(5-12(8)17(19)20)16-13(18)11-7-14-9(2)6-15-11/h3-7H,1-2H3,(H,16,18). The van der Waals surface area contributed by atoms with Crippen LogP contribution in [0.5, 0.6) is 0 Å². The van der Waals surface area contributed by atoms with Crippen LogP contribution in [-0.2, 0) is 0 Å². The molecule has 0 aliphatic carbocycles. The fourth-order valence-corrected chi connectivity index (χ4v) is 1.59. The van der Waals surface area contributed by atoms with Gasteiger partial charge in [0.05, 0.1) is 16.8 Å². The van der Waals surface area contributed by atoms with E-state index < -0.39 is 10.8 Å². The number of amides is 1. The van der Waals surface area contributed by atoms with Gasteiger partial charge in [-0.3, -0.25) is 19.9 Å². The van der Waals surface area contributed by atoms with E-state index in [2.05, 4.69) is 15.3 Å². The van der Waals surface area contributed by atoms with E-state index in [0.29, 0.717) is 16.9 Å². The van der Waals surface area contributed by atoms with Crippen molar-refractivity contribution in [3.8, 4) is 0 Å². The molecule has 1 aromatic heterocycles. The van der Waals surface area contributed by atoms with Crippen molar-refractivity contribution < 1.29 is 9.72 Å². The summed E-state index contributed by atoms with van der Waals surface area (Å²) in [7, 11) is 0. The summed E-state index contributed by atoms with van der Waals surface area (Å²) in [6.07, 6.45) is 2.83. The number of nitrogens with zero attached hydrogens (tertiary/aromatic N) is 3. The van der Waals surface area contributed by atoms with Crippen LogP contribution in [0.4, 0.5) is 11.4 Å². The Morgan fingerprint density at radius 2 is 2.00 bits per heavy atom. The van der Waals surface area contributed by atoms with Gasteiger partial charge in [0.2, 0.25) is 0 Å². The van der Waals surface area contributed by atoms with Crippen molar-refractivity contribution in [2.24, 2.45) is 0 Å². The van der Waals surface area contributed by atoms with E-state index in [0.717, 1.165) is 0 Å². The van der Waals surface area contributed by atoms with Gasteiger partial charge < -0.3 is 5.32 Å². The number of carbonyl (C=O) groups is 1. The average molecular weight is 272 g/mol. The first-order chi connectivity index (χ1) is 9.47. The van der Waals surface area contributed by atoms with Crippen LogP contribution < -0.4 is 5.32 Å². The lowest BCUT2D eigenvalue weighted by molar-refractivity contribution is -0.385. The van der Waals surface area contributed by atoms with Gasteiger partial charge in [-0.15, -0.1) is 0 Å². The van der Waals surface area contributed by atoms with Crippen molar-refractivity contribution in [1.82, 2.24) is 9.97 Å². The summed E-state index contributed by atoms with van der Waals surface area (Å²) in [4.78, 5) is 30.2. The zero-order valence-electron chi connectivity index (χ0n) is 11.0. The van der Waals surface area contributed by atoms with Gasteiger partial charge in [0, 0.05) is 23.5 Å². The summed E-state index contributed by atoms with van der Waals surface area (Å²) in [6.45, 7) is 3.40. The molecule has 0 fully saturated rings. The van der Waals surface area contributed by atoms with Crippen molar-refractivity contribution in [3.63, 3.8) is 0 Å². The Kier molecular flexibility index (Phi) is 3.69. The van der Waals surface area contributed by atoms with E-state index in [1.807, 2.05) is 0 Å². The Bertz CT molecular complexity index is 668. The number of aryl methyl sites for hydroxylation is 2. The van der Waals surface area contributed by atoms with Gasteiger partial charge >= 0.3 is 0 Å². The van der Waals surface area contributed by atoms with Crippen molar-refractivity contribution in [3.05, 3.63) is 57.7 Å². The second-order valence-electron chi connectivity index (χ2n) is 4.26. The van der Waals surface area contributed by atoms with Gasteiger partial charge in [-0.25, -0.2) is 4.98 Å². The Hall–Kier alpha value is -2.83. The number of benzene rings is 1. The van der Waals surface area contributed by atoms with Crippen LogP contribution in [0.15, 0.2) is 30.6 Å². The summed E-state index contributed by atoms with van der Waals surface area (Å²) in [5.41, 5.74) is 1.68. The molecule has 0 atom stereocenters. The highest BCUT2D eigenvalue weighted by Crippen LogP contribution is 2.22. The molecule has 1 N–H and O–H groups in total. The normalized spacial score (nSPS) is 10.1. The minimum absolute atomic E-state index is 0.0437. The van der Waals surface area contributed by atoms with Crippen LogP contribution in [0.2, 0.25) is 0 Å². The van der Waals surface area contributed by atoms with Crippen LogP contribution in [0.1, 0.15) is 21.7 Å². The second-order valence-corrected chi connectivity index (χ2v) is 4.26. The van der Waals surface area contributed by atoms with E-state index >= 15 is 0 Å². The molecule has 0 bridgehead atoms. The zero-order chi connectivity index (χ0) is 14.7. The van der Waals surface area contributed by atoms with E-state index in [4.69, 9.17) is 0 Å². The molecule has 0 aliphatic heterocycles. The second kappa shape index (κ2) is 5.43. The maximum absolute atomic E-state index is 11.9. The molecule has 0 saturated carbocycles. The summed E-state index contributed by atoms with van der Waals surface area (Å²) in [5.74, 6) is -0.462. The molecule has 102 valence electrons. The minimum atomic E-state index is -0.489. The fraction of sp³-hybridized carbons (Fsp3) is 0.154. The molecule has 0 unspecified atom stereocenters. The van der Waals surface area contributed by atoms with E-state index in [-0.39, 0.29) is 11.4 Å². The maximum atomic E-state index is 11.9. The number of nitro benzene ring substituents is 1. The van der Waals surface area contributed by atoms with Crippen LogP contribution >= 0.6 is 0 Å². The maximum Gasteiger partial charge on any atom is 0.275 e. The Labute approximate surface area is 114 Å². The average Bonchev–Trinajstić information content (AvgIpc) is 2.41. The summed E-state index contributed by atoms with van der Waals surface area (Å²) >= 11 is 0. The Balaban J connectivity index is 2.21. The number of anilines is 1. The van der Waals surface area contributed by atoms with Crippen LogP contribution in [0, 0.1) is 24.0 Å². The lowest BCUT2D eigenvalue weighted by Crippen LogP contribution is -2.14. The van der Waals surface area contributed by atoms with Gasteiger partial charge in [0.1, 0.15) is 5.69 Å². The van der Waals surface area contributed by atoms with Gasteiger partial charge in [-0.1, -0.05) is 6.07 Å². The molecular weight excluding hydrogens is 260 g/mol. The van der Waals surface area contributed by atoms with Crippen LogP contribution in [0.25, 0.3) is 0 Å². The molecule has 0 radical (unpaired) electrons. The quantitative estimate of drug-likeness (QED) is 0.682. The van der Waals surface area contributed by atoms with Crippen LogP contribution in [-0.4, -0.2) is 20.8 Å². The highest BCUT2D eigenvalue weighted by Gasteiger charge is 2.13. The van der Waals surface area contributed by atoms with Gasteiger partial charge in [-0.2, -0.15) is 0 Å². The van der Waals surface area contributed by atoms with Crippen molar-refractivity contribution >= 4 is 17.3 Å². The first-order valence-electron chi connectivity index (χ1n) is 5.82. The number of hydrogen-bond donors (Lipinski definition) is 1. The van der Waals surface area contributed by atoms with Gasteiger partial charge in [0.15, 0.2) is 0 Å². The van der Waals surface area contributed by atoms with Gasteiger partial charge in [-0.05, 0) is 19.9 Å². The molecule has 0 spiro atoms. The molecule has 2 rings (SSSR count). The molecule has 1 heterocycles. The number of rotatable bonds is 3. The van der Waals surface area contributed by atoms with Crippen LogP contribution in [0.3, 0.4) is 0 Å². The van der Waals surface area contributed by atoms with E-state index in [1.54, 1.807) is 26.0 Å². The summed E-state index contributed by atoms with van der Waals surface area (Å²) < 4.78 is 0. The smallest absolute Gasteiger partial charge is 0.275 e. The monoisotopic (exact) mass is 272 g/mol. The van der Waals surface area contributed by atoms with Crippen molar-refractivity contribution in [2.75, 3.05) is 5.32 Å². The Morgan fingerprint density at radius 3 is 2.60 bits per heavy atom. The van der Waals surface area contributed by atoms with E-state index in [1.165, 1.54) is 18.5 Å². The Morgan fingerprint density at radius 1 is 1.25 bits per heavy atom. The lowest BCUT2D eigenvalue weighted by atomic mass is 10.2. The number of nitro groups is 1. The number of carbonyl (C=O) groups excluding carboxylic acids is 1. The first-order valence-corrected chi connectivity index (χ1v) is 5.82. The van der Waals surface area contributed by atoms with Crippen molar-refractivity contribution in [2.45, 2.75) is 13.8 Å². The minimum Gasteiger partial charge on any atom is -0.320 e. The summed E-state index contributed by atoms with van der Waals surface area (Å²) in [6, 6.07) is 4.49. The highest BCUT2D eigenvalue weighted by molar-refractivity contribution is 6.02. The molecule has 7 heteroatoms. The third-order valence-corrected chi connectivity index (χ3v) is 2.68. The van der Waals surface area contributed by atoms with Gasteiger partial charge in [0.25, 0.3) is 11.6 Å². The molecular formula is C13H12N4O3. The fourth-order valence-electron chi connectivity index (χ4n) is 1.59. The van der Waals surface area contributed by atoms with Crippen molar-refractivity contribution in [1.29, 1.82) is 0 Å². The van der Waals surface area contributed by atoms with E-state index in [9.17, 15) is 14.9 Å². The molecule has 1 aromatic carbocycles. The molecule has 2 aromatic rings. The largest absolute Gasteiger partial charge is 0.320 e. The zero-order valence-corrected chi connectivity index (χ0v) is 11.0. The number of nitrogens with one attached hydrogen (secondary N) is 1. The highest BCUT2D eigenvalue weighted by atomic mass is 16.6. The predicted molar refractivity (Wildman–Crippen MR) is 72.6 cm³/mol. The molecule has 0 saturated heterocycles. The summed E-state index contributed by atoms with van der Waals surface area (Å²) in [5, 5.41) is 13.4. The topological polar surface area (TPSA) is 98.0 Å². The first kappa shape index (κ1) is 13.6. The molecule has 7 nitrogen and oxygen atoms in total.